The van der Waals surface area contributed by atoms with Gasteiger partial charge in [-0.3, -0.25) is 5.10 Å². The number of ether oxygens (including phenoxy) is 1. The molecule has 2 aromatic rings. The number of aromatic nitrogens is 2. The normalized spacial score (nSPS) is 15.5. The van der Waals surface area contributed by atoms with E-state index in [2.05, 4.69) is 39.4 Å². The van der Waals surface area contributed by atoms with Gasteiger partial charge in [0.15, 0.2) is 0 Å². The zero-order valence-electron chi connectivity index (χ0n) is 11.5. The first-order valence-corrected chi connectivity index (χ1v) is 7.03. The van der Waals surface area contributed by atoms with E-state index in [0.29, 0.717) is 5.82 Å². The van der Waals surface area contributed by atoms with Crippen LogP contribution in [0.5, 0.6) is 0 Å². The van der Waals surface area contributed by atoms with Gasteiger partial charge in [0.05, 0.1) is 13.2 Å². The van der Waals surface area contributed by atoms with Crippen LogP contribution in [-0.2, 0) is 17.6 Å². The van der Waals surface area contributed by atoms with Crippen LogP contribution in [0.2, 0.25) is 0 Å². The Morgan fingerprint density at radius 3 is 2.80 bits per heavy atom. The number of hydrogen-bond acceptors (Lipinski definition) is 4. The number of hydrogen-bond donors (Lipinski definition) is 2. The van der Waals surface area contributed by atoms with Crippen LogP contribution in [-0.4, -0.2) is 36.5 Å². The van der Waals surface area contributed by atoms with Crippen molar-refractivity contribution in [3.63, 3.8) is 0 Å². The highest BCUT2D eigenvalue weighted by atomic mass is 16.5. The first-order valence-electron chi connectivity index (χ1n) is 7.03. The quantitative estimate of drug-likeness (QED) is 0.887. The summed E-state index contributed by atoms with van der Waals surface area (Å²) in [5.74, 6) is 0.557. The van der Waals surface area contributed by atoms with Gasteiger partial charge in [0.1, 0.15) is 5.82 Å². The second-order valence-corrected chi connectivity index (χ2v) is 5.09. The van der Waals surface area contributed by atoms with E-state index in [9.17, 15) is 0 Å². The highest BCUT2D eigenvalue weighted by Gasteiger charge is 2.11. The third kappa shape index (κ3) is 3.11. The Kier molecular flexibility index (Phi) is 3.87. The molecule has 106 valence electrons. The van der Waals surface area contributed by atoms with Crippen molar-refractivity contribution in [1.29, 1.82) is 0 Å². The van der Waals surface area contributed by atoms with E-state index in [1.54, 1.807) is 0 Å². The molecule has 1 saturated heterocycles. The van der Waals surface area contributed by atoms with Crippen molar-refractivity contribution < 1.29 is 4.74 Å². The van der Waals surface area contributed by atoms with Gasteiger partial charge in [0.25, 0.3) is 0 Å². The molecule has 5 nitrogen and oxygen atoms in total. The molecule has 2 heterocycles. The average molecular weight is 272 g/mol. The summed E-state index contributed by atoms with van der Waals surface area (Å²) in [6.45, 7) is 3.58. The van der Waals surface area contributed by atoms with Gasteiger partial charge in [-0.05, 0) is 30.5 Å². The van der Waals surface area contributed by atoms with Crippen molar-refractivity contribution >= 4 is 11.5 Å². The van der Waals surface area contributed by atoms with E-state index in [-0.39, 0.29) is 0 Å². The van der Waals surface area contributed by atoms with Crippen LogP contribution in [0.4, 0.5) is 11.5 Å². The van der Waals surface area contributed by atoms with Crippen molar-refractivity contribution in [3.05, 3.63) is 41.6 Å². The summed E-state index contributed by atoms with van der Waals surface area (Å²) in [5.41, 5.74) is 9.31. The van der Waals surface area contributed by atoms with E-state index in [1.807, 2.05) is 6.07 Å². The number of nitrogen functional groups attached to an aromatic ring is 1. The van der Waals surface area contributed by atoms with Crippen LogP contribution in [0.15, 0.2) is 30.3 Å². The molecule has 1 aliphatic heterocycles. The standard InChI is InChI=1S/C15H20N4O/c16-15-11-13(17-18-15)5-4-12-2-1-3-14(10-12)19-6-8-20-9-7-19/h1-3,10-11H,4-9H2,(H3,16,17,18). The third-order valence-electron chi connectivity index (χ3n) is 3.62. The molecule has 1 aromatic carbocycles. The minimum Gasteiger partial charge on any atom is -0.382 e. The Morgan fingerprint density at radius 2 is 2.05 bits per heavy atom. The third-order valence-corrected chi connectivity index (χ3v) is 3.62. The molecule has 0 aliphatic carbocycles. The van der Waals surface area contributed by atoms with E-state index >= 15 is 0 Å². The topological polar surface area (TPSA) is 67.2 Å². The zero-order valence-corrected chi connectivity index (χ0v) is 11.5. The SMILES string of the molecule is Nc1cc(CCc2cccc(N3CCOCC3)c2)[nH]n1. The molecule has 0 radical (unpaired) electrons. The Balaban J connectivity index is 1.64. The van der Waals surface area contributed by atoms with Gasteiger partial charge in [0.2, 0.25) is 0 Å². The molecule has 1 aliphatic rings. The van der Waals surface area contributed by atoms with Crippen LogP contribution in [0.3, 0.4) is 0 Å². The summed E-state index contributed by atoms with van der Waals surface area (Å²) in [6, 6.07) is 10.6. The second kappa shape index (κ2) is 5.96. The van der Waals surface area contributed by atoms with Crippen molar-refractivity contribution in [2.45, 2.75) is 12.8 Å². The lowest BCUT2D eigenvalue weighted by Gasteiger charge is -2.29. The van der Waals surface area contributed by atoms with Gasteiger partial charge in [-0.2, -0.15) is 5.10 Å². The fourth-order valence-corrected chi connectivity index (χ4v) is 2.52. The summed E-state index contributed by atoms with van der Waals surface area (Å²) < 4.78 is 5.39. The maximum Gasteiger partial charge on any atom is 0.145 e. The van der Waals surface area contributed by atoms with Gasteiger partial charge < -0.3 is 15.4 Å². The highest BCUT2D eigenvalue weighted by Crippen LogP contribution is 2.18. The number of H-pyrrole nitrogens is 1. The largest absolute Gasteiger partial charge is 0.382 e. The number of aryl methyl sites for hydroxylation is 2. The maximum atomic E-state index is 5.61. The van der Waals surface area contributed by atoms with Gasteiger partial charge >= 0.3 is 0 Å². The Bertz CT molecular complexity index is 561. The Hall–Kier alpha value is -2.01. The molecule has 0 saturated carbocycles. The van der Waals surface area contributed by atoms with Crippen LogP contribution in [0.1, 0.15) is 11.3 Å². The second-order valence-electron chi connectivity index (χ2n) is 5.09. The monoisotopic (exact) mass is 272 g/mol. The van der Waals surface area contributed by atoms with E-state index in [0.717, 1.165) is 44.8 Å². The lowest BCUT2D eigenvalue weighted by Crippen LogP contribution is -2.36. The smallest absolute Gasteiger partial charge is 0.145 e. The fraction of sp³-hybridized carbons (Fsp3) is 0.400. The maximum absolute atomic E-state index is 5.61. The van der Waals surface area contributed by atoms with Crippen molar-refractivity contribution in [2.24, 2.45) is 0 Å². The number of nitrogens with zero attached hydrogens (tertiary/aromatic N) is 2. The van der Waals surface area contributed by atoms with Gasteiger partial charge in [-0.15, -0.1) is 0 Å². The molecule has 0 spiro atoms. The Labute approximate surface area is 118 Å². The lowest BCUT2D eigenvalue weighted by atomic mass is 10.1. The molecular weight excluding hydrogens is 252 g/mol. The molecule has 1 aromatic heterocycles. The van der Waals surface area contributed by atoms with E-state index in [4.69, 9.17) is 10.5 Å². The van der Waals surface area contributed by atoms with Crippen molar-refractivity contribution in [3.8, 4) is 0 Å². The predicted molar refractivity (Wildman–Crippen MR) is 79.9 cm³/mol. The molecule has 0 unspecified atom stereocenters. The molecule has 0 atom stereocenters. The highest BCUT2D eigenvalue weighted by molar-refractivity contribution is 5.49. The number of aromatic amines is 1. The molecule has 5 heteroatoms. The van der Waals surface area contributed by atoms with Crippen LogP contribution >= 0.6 is 0 Å². The molecule has 0 amide bonds. The average Bonchev–Trinajstić information content (AvgIpc) is 2.92. The molecular formula is C15H20N4O. The fourth-order valence-electron chi connectivity index (χ4n) is 2.52. The summed E-state index contributed by atoms with van der Waals surface area (Å²) in [6.07, 6.45) is 1.91. The molecule has 0 bridgehead atoms. The Morgan fingerprint density at radius 1 is 1.20 bits per heavy atom. The van der Waals surface area contributed by atoms with Crippen molar-refractivity contribution in [1.82, 2.24) is 10.2 Å². The summed E-state index contributed by atoms with van der Waals surface area (Å²) >= 11 is 0. The number of morpholine rings is 1. The minimum atomic E-state index is 0.557. The number of rotatable bonds is 4. The van der Waals surface area contributed by atoms with E-state index in [1.165, 1.54) is 11.3 Å². The van der Waals surface area contributed by atoms with E-state index < -0.39 is 0 Å². The number of nitrogens with one attached hydrogen (secondary N) is 1. The van der Waals surface area contributed by atoms with Crippen LogP contribution in [0.25, 0.3) is 0 Å². The molecule has 3 rings (SSSR count). The number of nitrogens with two attached hydrogens (primary N) is 1. The summed E-state index contributed by atoms with van der Waals surface area (Å²) in [4.78, 5) is 2.38. The van der Waals surface area contributed by atoms with Gasteiger partial charge in [-0.25, -0.2) is 0 Å². The van der Waals surface area contributed by atoms with Crippen LogP contribution in [0, 0.1) is 0 Å². The predicted octanol–water partition coefficient (Wildman–Crippen LogP) is 1.61. The number of benzene rings is 1. The first kappa shape index (κ1) is 13.0. The minimum absolute atomic E-state index is 0.557. The lowest BCUT2D eigenvalue weighted by molar-refractivity contribution is 0.122. The van der Waals surface area contributed by atoms with Crippen molar-refractivity contribution in [2.75, 3.05) is 36.9 Å². The van der Waals surface area contributed by atoms with Gasteiger partial charge in [0, 0.05) is 30.5 Å². The summed E-state index contributed by atoms with van der Waals surface area (Å²) in [7, 11) is 0. The first-order chi connectivity index (χ1) is 9.81. The molecule has 1 fully saturated rings. The van der Waals surface area contributed by atoms with Crippen LogP contribution < -0.4 is 10.6 Å². The molecule has 20 heavy (non-hydrogen) atoms. The number of anilines is 2. The van der Waals surface area contributed by atoms with Gasteiger partial charge in [-0.1, -0.05) is 12.1 Å². The zero-order chi connectivity index (χ0) is 13.8. The molecule has 3 N–H and O–H groups in total. The summed E-state index contributed by atoms with van der Waals surface area (Å²) in [5, 5.41) is 6.90.